The molecule has 0 aliphatic carbocycles. The number of aromatic nitrogens is 2. The predicted molar refractivity (Wildman–Crippen MR) is 65.6 cm³/mol. The van der Waals surface area contributed by atoms with Gasteiger partial charge in [0.2, 0.25) is 5.76 Å². The number of H-pyrrole nitrogens is 1. The van der Waals surface area contributed by atoms with Crippen LogP contribution in [0.25, 0.3) is 0 Å². The first-order valence-corrected chi connectivity index (χ1v) is 5.52. The molecule has 0 fully saturated rings. The molecule has 7 heteroatoms. The quantitative estimate of drug-likeness (QED) is 0.839. The van der Waals surface area contributed by atoms with Gasteiger partial charge in [-0.1, -0.05) is 0 Å². The Morgan fingerprint density at radius 1 is 1.32 bits per heavy atom. The maximum absolute atomic E-state index is 11.9. The summed E-state index contributed by atoms with van der Waals surface area (Å²) in [5.41, 5.74) is 0.0215. The highest BCUT2D eigenvalue weighted by molar-refractivity contribution is 5.84. The van der Waals surface area contributed by atoms with Crippen LogP contribution in [-0.2, 0) is 6.54 Å². The topological polar surface area (TPSA) is 105 Å². The van der Waals surface area contributed by atoms with Crippen molar-refractivity contribution in [2.75, 3.05) is 0 Å². The van der Waals surface area contributed by atoms with Gasteiger partial charge < -0.3 is 9.52 Å². The van der Waals surface area contributed by atoms with Crippen molar-refractivity contribution in [2.24, 2.45) is 0 Å². The predicted octanol–water partition coefficient (Wildman–Crippen LogP) is 0.493. The molecule has 0 aromatic carbocycles. The summed E-state index contributed by atoms with van der Waals surface area (Å²) in [6.07, 6.45) is 0. The van der Waals surface area contributed by atoms with Crippen molar-refractivity contribution < 1.29 is 14.3 Å². The Bertz CT molecular complexity index is 750. The third kappa shape index (κ3) is 2.35. The summed E-state index contributed by atoms with van der Waals surface area (Å²) in [6, 6.07) is 2.74. The van der Waals surface area contributed by atoms with Crippen LogP contribution in [0.2, 0.25) is 0 Å². The summed E-state index contributed by atoms with van der Waals surface area (Å²) in [5.74, 6) is -1.13. The fourth-order valence-electron chi connectivity index (χ4n) is 1.64. The molecular formula is C12H12N2O5. The highest BCUT2D eigenvalue weighted by Gasteiger charge is 2.12. The lowest BCUT2D eigenvalue weighted by Gasteiger charge is -2.06. The summed E-state index contributed by atoms with van der Waals surface area (Å²) in [5, 5.41) is 11.1. The summed E-state index contributed by atoms with van der Waals surface area (Å²) in [4.78, 5) is 34.2. The highest BCUT2D eigenvalue weighted by Crippen LogP contribution is 2.08. The first-order valence-electron chi connectivity index (χ1n) is 5.52. The molecule has 0 amide bonds. The van der Waals surface area contributed by atoms with E-state index in [-0.39, 0.29) is 29.2 Å². The smallest absolute Gasteiger partial charge is 0.371 e. The standard InChI is InChI=1S/C12H12N2O5/c1-6-7(2)11(16)14(13-10(6)15)5-8-3-4-9(19-8)12(17)18/h3-4H,5H2,1-2H3,(H,13,15)(H,17,18). The van der Waals surface area contributed by atoms with Gasteiger partial charge in [-0.3, -0.25) is 14.7 Å². The van der Waals surface area contributed by atoms with E-state index in [0.29, 0.717) is 11.1 Å². The van der Waals surface area contributed by atoms with Crippen LogP contribution in [-0.4, -0.2) is 20.9 Å². The van der Waals surface area contributed by atoms with E-state index >= 15 is 0 Å². The minimum Gasteiger partial charge on any atom is -0.475 e. The number of carboxylic acid groups (broad SMARTS) is 1. The lowest BCUT2D eigenvalue weighted by Crippen LogP contribution is -2.33. The van der Waals surface area contributed by atoms with Gasteiger partial charge in [0.15, 0.2) is 0 Å². The van der Waals surface area contributed by atoms with E-state index in [2.05, 4.69) is 5.10 Å². The molecule has 0 radical (unpaired) electrons. The number of aromatic amines is 1. The van der Waals surface area contributed by atoms with Crippen LogP contribution < -0.4 is 11.1 Å². The van der Waals surface area contributed by atoms with Gasteiger partial charge in [0.05, 0.1) is 0 Å². The minimum absolute atomic E-state index is 0.0253. The molecule has 0 aliphatic rings. The zero-order chi connectivity index (χ0) is 14.2. The molecule has 0 bridgehead atoms. The van der Waals surface area contributed by atoms with Gasteiger partial charge in [-0.2, -0.15) is 0 Å². The number of nitrogens with zero attached hydrogens (tertiary/aromatic N) is 1. The summed E-state index contributed by atoms with van der Waals surface area (Å²) in [6.45, 7) is 3.10. The monoisotopic (exact) mass is 264 g/mol. The second-order valence-electron chi connectivity index (χ2n) is 4.15. The van der Waals surface area contributed by atoms with Crippen molar-refractivity contribution in [3.8, 4) is 0 Å². The van der Waals surface area contributed by atoms with Crippen molar-refractivity contribution in [1.29, 1.82) is 0 Å². The Kier molecular flexibility index (Phi) is 3.12. The third-order valence-electron chi connectivity index (χ3n) is 2.89. The van der Waals surface area contributed by atoms with Gasteiger partial charge in [0.25, 0.3) is 11.1 Å². The molecule has 2 rings (SSSR count). The lowest BCUT2D eigenvalue weighted by atomic mass is 10.2. The van der Waals surface area contributed by atoms with E-state index in [1.165, 1.54) is 12.1 Å². The van der Waals surface area contributed by atoms with Crippen LogP contribution in [0.1, 0.15) is 27.4 Å². The Hall–Kier alpha value is -2.57. The van der Waals surface area contributed by atoms with Gasteiger partial charge in [-0.15, -0.1) is 0 Å². The van der Waals surface area contributed by atoms with Crippen LogP contribution in [0.5, 0.6) is 0 Å². The normalized spacial score (nSPS) is 10.6. The van der Waals surface area contributed by atoms with Gasteiger partial charge >= 0.3 is 5.97 Å². The summed E-state index contributed by atoms with van der Waals surface area (Å²) < 4.78 is 6.13. The molecule has 2 aromatic heterocycles. The maximum Gasteiger partial charge on any atom is 0.371 e. The molecule has 0 aliphatic heterocycles. The lowest BCUT2D eigenvalue weighted by molar-refractivity contribution is 0.0660. The van der Waals surface area contributed by atoms with Crippen molar-refractivity contribution in [3.63, 3.8) is 0 Å². The second-order valence-corrected chi connectivity index (χ2v) is 4.15. The maximum atomic E-state index is 11.9. The number of furan rings is 1. The fraction of sp³-hybridized carbons (Fsp3) is 0.250. The Morgan fingerprint density at radius 2 is 2.00 bits per heavy atom. The number of rotatable bonds is 3. The number of nitrogens with one attached hydrogen (secondary N) is 1. The highest BCUT2D eigenvalue weighted by atomic mass is 16.4. The molecule has 2 aromatic rings. The molecule has 19 heavy (non-hydrogen) atoms. The summed E-state index contributed by atoms with van der Waals surface area (Å²) in [7, 11) is 0. The van der Waals surface area contributed by atoms with E-state index < -0.39 is 5.97 Å². The molecule has 0 unspecified atom stereocenters. The van der Waals surface area contributed by atoms with Crippen molar-refractivity contribution in [3.05, 3.63) is 55.5 Å². The molecule has 2 N–H and O–H groups in total. The molecule has 100 valence electrons. The van der Waals surface area contributed by atoms with Crippen molar-refractivity contribution >= 4 is 5.97 Å². The Morgan fingerprint density at radius 3 is 2.58 bits per heavy atom. The Labute approximate surface area is 107 Å². The van der Waals surface area contributed by atoms with Crippen LogP contribution in [0.4, 0.5) is 0 Å². The minimum atomic E-state index is -1.19. The van der Waals surface area contributed by atoms with E-state index in [1.54, 1.807) is 13.8 Å². The van der Waals surface area contributed by atoms with Crippen LogP contribution >= 0.6 is 0 Å². The van der Waals surface area contributed by atoms with E-state index in [0.717, 1.165) is 4.68 Å². The number of carbonyl (C=O) groups is 1. The van der Waals surface area contributed by atoms with Crippen LogP contribution in [0.15, 0.2) is 26.1 Å². The van der Waals surface area contributed by atoms with E-state index in [9.17, 15) is 14.4 Å². The molecule has 2 heterocycles. The SMILES string of the molecule is Cc1c(C)c(=O)n(Cc2ccc(C(=O)O)o2)[nH]c1=O. The summed E-state index contributed by atoms with van der Waals surface area (Å²) >= 11 is 0. The molecule has 7 nitrogen and oxygen atoms in total. The number of aromatic carboxylic acids is 1. The van der Waals surface area contributed by atoms with Gasteiger partial charge in [0.1, 0.15) is 12.3 Å². The molecule has 0 saturated carbocycles. The van der Waals surface area contributed by atoms with E-state index in [4.69, 9.17) is 9.52 Å². The van der Waals surface area contributed by atoms with Crippen LogP contribution in [0, 0.1) is 13.8 Å². The zero-order valence-electron chi connectivity index (χ0n) is 10.4. The largest absolute Gasteiger partial charge is 0.475 e. The first kappa shape index (κ1) is 12.9. The number of hydrogen-bond donors (Lipinski definition) is 2. The zero-order valence-corrected chi connectivity index (χ0v) is 10.4. The van der Waals surface area contributed by atoms with Crippen molar-refractivity contribution in [1.82, 2.24) is 9.78 Å². The van der Waals surface area contributed by atoms with Gasteiger partial charge in [-0.25, -0.2) is 9.48 Å². The molecule has 0 atom stereocenters. The first-order chi connectivity index (χ1) is 8.90. The third-order valence-corrected chi connectivity index (χ3v) is 2.89. The molecule has 0 spiro atoms. The Balaban J connectivity index is 2.41. The van der Waals surface area contributed by atoms with Gasteiger partial charge in [-0.05, 0) is 26.0 Å². The fourth-order valence-corrected chi connectivity index (χ4v) is 1.64. The number of carboxylic acids is 1. The average Bonchev–Trinajstić information content (AvgIpc) is 2.82. The second kappa shape index (κ2) is 4.60. The molecule has 0 saturated heterocycles. The van der Waals surface area contributed by atoms with Crippen molar-refractivity contribution in [2.45, 2.75) is 20.4 Å². The molecular weight excluding hydrogens is 252 g/mol. The van der Waals surface area contributed by atoms with Crippen LogP contribution in [0.3, 0.4) is 0 Å². The van der Waals surface area contributed by atoms with E-state index in [1.807, 2.05) is 0 Å². The van der Waals surface area contributed by atoms with Gasteiger partial charge in [0, 0.05) is 11.1 Å². The average molecular weight is 264 g/mol. The number of hydrogen-bond acceptors (Lipinski definition) is 4.